The molecule has 0 saturated carbocycles. The molecular formula is C14H20N2O3S2. The van der Waals surface area contributed by atoms with E-state index in [1.165, 1.54) is 4.90 Å². The summed E-state index contributed by atoms with van der Waals surface area (Å²) < 4.78 is 0. The number of thioether (sulfide) groups is 1. The lowest BCUT2D eigenvalue weighted by atomic mass is 10.0. The highest BCUT2D eigenvalue weighted by Crippen LogP contribution is 2.33. The van der Waals surface area contributed by atoms with Crippen molar-refractivity contribution in [2.75, 3.05) is 25.1 Å². The number of unbranched alkanes of at least 4 members (excludes halogenated alkanes) is 1. The molecule has 0 bridgehead atoms. The first-order valence-corrected chi connectivity index (χ1v) is 9.25. The Bertz CT molecular complexity index is 504. The number of carbonyl (C=O) groups excluding carboxylic acids is 1. The van der Waals surface area contributed by atoms with Gasteiger partial charge in [-0.2, -0.15) is 11.8 Å². The number of hydrogen-bond acceptors (Lipinski definition) is 4. The molecule has 116 valence electrons. The van der Waals surface area contributed by atoms with Crippen LogP contribution in [0.15, 0.2) is 11.4 Å². The molecule has 0 spiro atoms. The van der Waals surface area contributed by atoms with Crippen molar-refractivity contribution in [2.24, 2.45) is 0 Å². The zero-order chi connectivity index (χ0) is 15.2. The van der Waals surface area contributed by atoms with Crippen LogP contribution < -0.4 is 5.32 Å². The van der Waals surface area contributed by atoms with Crippen molar-refractivity contribution in [3.8, 4) is 0 Å². The number of hydrogen-bond donors (Lipinski definition) is 2. The number of nitrogens with one attached hydrogen (secondary N) is 1. The molecule has 21 heavy (non-hydrogen) atoms. The number of rotatable bonds is 6. The Morgan fingerprint density at radius 1 is 1.52 bits per heavy atom. The Kier molecular flexibility index (Phi) is 5.93. The Balaban J connectivity index is 1.95. The molecule has 0 aromatic carbocycles. The van der Waals surface area contributed by atoms with Crippen LogP contribution in [0.1, 0.15) is 29.3 Å². The van der Waals surface area contributed by atoms with E-state index >= 15 is 0 Å². The minimum atomic E-state index is -0.966. The SMILES string of the molecule is CSCCCCNC(=O)N1CCc2sccc2C1C(=O)O. The van der Waals surface area contributed by atoms with Crippen molar-refractivity contribution in [1.82, 2.24) is 10.2 Å². The third-order valence-corrected chi connectivity index (χ3v) is 5.21. The molecule has 1 aromatic heterocycles. The van der Waals surface area contributed by atoms with Crippen molar-refractivity contribution in [3.05, 3.63) is 21.9 Å². The van der Waals surface area contributed by atoms with E-state index in [-0.39, 0.29) is 6.03 Å². The highest BCUT2D eigenvalue weighted by atomic mass is 32.2. The highest BCUT2D eigenvalue weighted by Gasteiger charge is 2.36. The molecule has 1 aromatic rings. The second-order valence-electron chi connectivity index (χ2n) is 4.92. The van der Waals surface area contributed by atoms with Gasteiger partial charge in [-0.1, -0.05) is 0 Å². The first-order valence-electron chi connectivity index (χ1n) is 6.97. The smallest absolute Gasteiger partial charge is 0.331 e. The molecule has 1 aliphatic heterocycles. The zero-order valence-corrected chi connectivity index (χ0v) is 13.6. The average Bonchev–Trinajstić information content (AvgIpc) is 2.93. The monoisotopic (exact) mass is 328 g/mol. The molecule has 2 N–H and O–H groups in total. The van der Waals surface area contributed by atoms with E-state index in [9.17, 15) is 14.7 Å². The summed E-state index contributed by atoms with van der Waals surface area (Å²) >= 11 is 3.35. The van der Waals surface area contributed by atoms with E-state index in [2.05, 4.69) is 11.6 Å². The minimum absolute atomic E-state index is 0.275. The standard InChI is InChI=1S/C14H20N2O3S2/c1-20-8-3-2-6-15-14(19)16-7-4-11-10(5-9-21-11)12(16)13(17)18/h5,9,12H,2-4,6-8H2,1H3,(H,15,19)(H,17,18). The van der Waals surface area contributed by atoms with Gasteiger partial charge in [-0.15, -0.1) is 11.3 Å². The topological polar surface area (TPSA) is 69.6 Å². The van der Waals surface area contributed by atoms with Crippen molar-refractivity contribution >= 4 is 35.1 Å². The lowest BCUT2D eigenvalue weighted by molar-refractivity contribution is -0.142. The van der Waals surface area contributed by atoms with Gasteiger partial charge in [0.15, 0.2) is 6.04 Å². The number of aliphatic carboxylic acids is 1. The summed E-state index contributed by atoms with van der Waals surface area (Å²) in [7, 11) is 0. The molecule has 2 amide bonds. The van der Waals surface area contributed by atoms with Crippen LogP contribution in [-0.4, -0.2) is 47.1 Å². The van der Waals surface area contributed by atoms with Gasteiger partial charge in [0.1, 0.15) is 0 Å². The van der Waals surface area contributed by atoms with Gasteiger partial charge in [0.2, 0.25) is 0 Å². The van der Waals surface area contributed by atoms with E-state index < -0.39 is 12.0 Å². The third kappa shape index (κ3) is 3.91. The van der Waals surface area contributed by atoms with Gasteiger partial charge in [-0.3, -0.25) is 0 Å². The zero-order valence-electron chi connectivity index (χ0n) is 12.0. The Morgan fingerprint density at radius 2 is 2.33 bits per heavy atom. The molecule has 2 heterocycles. The lowest BCUT2D eigenvalue weighted by Crippen LogP contribution is -2.48. The van der Waals surface area contributed by atoms with Gasteiger partial charge in [0.25, 0.3) is 0 Å². The predicted molar refractivity (Wildman–Crippen MR) is 86.1 cm³/mol. The number of carbonyl (C=O) groups is 2. The van der Waals surface area contributed by atoms with Gasteiger partial charge in [-0.25, -0.2) is 9.59 Å². The van der Waals surface area contributed by atoms with Crippen LogP contribution in [0.25, 0.3) is 0 Å². The van der Waals surface area contributed by atoms with Crippen LogP contribution in [0.2, 0.25) is 0 Å². The van der Waals surface area contributed by atoms with Gasteiger partial charge in [-0.05, 0) is 48.3 Å². The first-order chi connectivity index (χ1) is 10.1. The van der Waals surface area contributed by atoms with Gasteiger partial charge in [0, 0.05) is 18.0 Å². The summed E-state index contributed by atoms with van der Waals surface area (Å²) in [5.41, 5.74) is 0.760. The molecule has 0 aliphatic carbocycles. The number of carboxylic acids is 1. The Hall–Kier alpha value is -1.21. The summed E-state index contributed by atoms with van der Waals surface area (Å²) in [4.78, 5) is 26.3. The molecule has 7 heteroatoms. The number of urea groups is 1. The Morgan fingerprint density at radius 3 is 3.05 bits per heavy atom. The average molecular weight is 328 g/mol. The molecule has 5 nitrogen and oxygen atoms in total. The van der Waals surface area contributed by atoms with Crippen LogP contribution >= 0.6 is 23.1 Å². The van der Waals surface area contributed by atoms with Crippen molar-refractivity contribution < 1.29 is 14.7 Å². The largest absolute Gasteiger partial charge is 0.479 e. The van der Waals surface area contributed by atoms with E-state index in [1.54, 1.807) is 23.1 Å². The summed E-state index contributed by atoms with van der Waals surface area (Å²) in [6, 6.07) is 0.686. The van der Waals surface area contributed by atoms with E-state index in [4.69, 9.17) is 0 Å². The molecule has 0 radical (unpaired) electrons. The predicted octanol–water partition coefficient (Wildman–Crippen LogP) is 2.58. The fourth-order valence-electron chi connectivity index (χ4n) is 2.47. The maximum absolute atomic E-state index is 12.2. The molecule has 0 fully saturated rings. The number of amides is 2. The first kappa shape index (κ1) is 16.2. The normalized spacial score (nSPS) is 17.4. The molecule has 1 atom stereocenters. The summed E-state index contributed by atoms with van der Waals surface area (Å²) in [5.74, 6) is 0.113. The van der Waals surface area contributed by atoms with E-state index in [0.717, 1.165) is 35.5 Å². The second-order valence-corrected chi connectivity index (χ2v) is 6.90. The van der Waals surface area contributed by atoms with E-state index in [1.807, 2.05) is 11.4 Å². The molecule has 1 unspecified atom stereocenters. The third-order valence-electron chi connectivity index (χ3n) is 3.51. The van der Waals surface area contributed by atoms with Crippen LogP contribution in [-0.2, 0) is 11.2 Å². The second kappa shape index (κ2) is 7.70. The fraction of sp³-hybridized carbons (Fsp3) is 0.571. The van der Waals surface area contributed by atoms with Gasteiger partial charge >= 0.3 is 12.0 Å². The molecule has 0 saturated heterocycles. The van der Waals surface area contributed by atoms with Gasteiger partial charge < -0.3 is 15.3 Å². The number of thiophene rings is 1. The highest BCUT2D eigenvalue weighted by molar-refractivity contribution is 7.98. The van der Waals surface area contributed by atoms with Gasteiger partial charge in [0.05, 0.1) is 0 Å². The van der Waals surface area contributed by atoms with Crippen LogP contribution in [0.5, 0.6) is 0 Å². The van der Waals surface area contributed by atoms with Crippen LogP contribution in [0, 0.1) is 0 Å². The van der Waals surface area contributed by atoms with Crippen molar-refractivity contribution in [3.63, 3.8) is 0 Å². The summed E-state index contributed by atoms with van der Waals surface area (Å²) in [6.07, 6.45) is 4.76. The summed E-state index contributed by atoms with van der Waals surface area (Å²) in [5, 5.41) is 14.2. The lowest BCUT2D eigenvalue weighted by Gasteiger charge is -2.33. The quantitative estimate of drug-likeness (QED) is 0.788. The maximum Gasteiger partial charge on any atom is 0.331 e. The fourth-order valence-corrected chi connectivity index (χ4v) is 3.87. The van der Waals surface area contributed by atoms with Crippen LogP contribution in [0.3, 0.4) is 0 Å². The minimum Gasteiger partial charge on any atom is -0.479 e. The number of carboxylic acid groups (broad SMARTS) is 1. The van der Waals surface area contributed by atoms with Crippen molar-refractivity contribution in [1.29, 1.82) is 0 Å². The molecule has 1 aliphatic rings. The molecular weight excluding hydrogens is 308 g/mol. The number of nitrogens with zero attached hydrogens (tertiary/aromatic N) is 1. The Labute approximate surface area is 132 Å². The van der Waals surface area contributed by atoms with E-state index in [0.29, 0.717) is 13.1 Å². The molecule has 2 rings (SSSR count). The maximum atomic E-state index is 12.2. The van der Waals surface area contributed by atoms with Crippen LogP contribution in [0.4, 0.5) is 4.79 Å². The van der Waals surface area contributed by atoms with Crippen molar-refractivity contribution in [2.45, 2.75) is 25.3 Å². The number of fused-ring (bicyclic) bond motifs is 1. The summed E-state index contributed by atoms with van der Waals surface area (Å²) in [6.45, 7) is 1.06.